The molecular weight excluding hydrogens is 240 g/mol. The fourth-order valence-corrected chi connectivity index (χ4v) is 2.48. The molecule has 0 N–H and O–H groups in total. The van der Waals surface area contributed by atoms with Crippen molar-refractivity contribution in [2.45, 2.75) is 26.7 Å². The molecule has 2 aromatic carbocycles. The first kappa shape index (κ1) is 14.3. The highest BCUT2D eigenvalue weighted by molar-refractivity contribution is 5.70. The maximum Gasteiger partial charge on any atom is -0.0228 e. The van der Waals surface area contributed by atoms with E-state index in [1.807, 2.05) is 0 Å². The van der Waals surface area contributed by atoms with Gasteiger partial charge in [-0.25, -0.2) is 0 Å². The van der Waals surface area contributed by atoms with Gasteiger partial charge >= 0.3 is 0 Å². The zero-order chi connectivity index (χ0) is 14.2. The summed E-state index contributed by atoms with van der Waals surface area (Å²) in [6.45, 7) is 4.25. The van der Waals surface area contributed by atoms with Gasteiger partial charge in [0.25, 0.3) is 0 Å². The van der Waals surface area contributed by atoms with Crippen LogP contribution in [0, 0.1) is 0 Å². The molecule has 2 rings (SSSR count). The van der Waals surface area contributed by atoms with Crippen molar-refractivity contribution in [2.24, 2.45) is 0 Å². The van der Waals surface area contributed by atoms with Crippen LogP contribution in [0.2, 0.25) is 0 Å². The fraction of sp³-hybridized carbons (Fsp3) is 0.200. The molecule has 0 bridgehead atoms. The molecule has 0 heteroatoms. The number of allylic oxidation sites excluding steroid dienone is 4. The molecule has 0 aliphatic carbocycles. The third kappa shape index (κ3) is 3.71. The van der Waals surface area contributed by atoms with Gasteiger partial charge in [0.2, 0.25) is 0 Å². The minimum absolute atomic E-state index is 1.08. The highest BCUT2D eigenvalue weighted by Crippen LogP contribution is 2.26. The lowest BCUT2D eigenvalue weighted by Gasteiger charge is -2.10. The first-order valence-electron chi connectivity index (χ1n) is 7.26. The highest BCUT2D eigenvalue weighted by Gasteiger charge is 2.04. The third-order valence-electron chi connectivity index (χ3n) is 3.65. The molecule has 20 heavy (non-hydrogen) atoms. The van der Waals surface area contributed by atoms with Crippen LogP contribution in [0.4, 0.5) is 0 Å². The summed E-state index contributed by atoms with van der Waals surface area (Å²) in [6.07, 6.45) is 6.62. The van der Waals surface area contributed by atoms with Crippen LogP contribution in [-0.4, -0.2) is 0 Å². The molecule has 102 valence electrons. The maximum absolute atomic E-state index is 2.23. The summed E-state index contributed by atoms with van der Waals surface area (Å²) < 4.78 is 0. The minimum Gasteiger partial charge on any atom is -0.0838 e. The van der Waals surface area contributed by atoms with Gasteiger partial charge in [0.15, 0.2) is 0 Å². The molecule has 0 aliphatic heterocycles. The standard InChI is InChI=1S/C20H22/c1-3-17(19-11-7-5-8-12-19)15-16-18(4-2)20-13-9-6-10-14-20/h3-14H,15-16H2,1-2H3/b17-3-,18-4+. The predicted octanol–water partition coefficient (Wildman–Crippen LogP) is 5.97. The Morgan fingerprint density at radius 2 is 1.00 bits per heavy atom. The summed E-state index contributed by atoms with van der Waals surface area (Å²) in [6, 6.07) is 21.3. The van der Waals surface area contributed by atoms with Gasteiger partial charge in [0.05, 0.1) is 0 Å². The number of rotatable bonds is 5. The first-order valence-corrected chi connectivity index (χ1v) is 7.26. The molecule has 2 aromatic rings. The summed E-state index contributed by atoms with van der Waals surface area (Å²) in [7, 11) is 0. The lowest BCUT2D eigenvalue weighted by Crippen LogP contribution is -1.88. The van der Waals surface area contributed by atoms with Crippen LogP contribution in [0.15, 0.2) is 72.8 Å². The van der Waals surface area contributed by atoms with Gasteiger partial charge in [-0.15, -0.1) is 0 Å². The molecular formula is C20H22. The van der Waals surface area contributed by atoms with E-state index in [1.54, 1.807) is 0 Å². The molecule has 0 unspecified atom stereocenters. The van der Waals surface area contributed by atoms with Gasteiger partial charge in [0.1, 0.15) is 0 Å². The molecule has 0 atom stereocenters. The minimum atomic E-state index is 1.08. The van der Waals surface area contributed by atoms with Crippen molar-refractivity contribution in [1.29, 1.82) is 0 Å². The van der Waals surface area contributed by atoms with Crippen molar-refractivity contribution in [3.8, 4) is 0 Å². The average Bonchev–Trinajstić information content (AvgIpc) is 2.53. The Bertz CT molecular complexity index is 518. The second-order valence-corrected chi connectivity index (χ2v) is 4.86. The van der Waals surface area contributed by atoms with Crippen molar-refractivity contribution in [1.82, 2.24) is 0 Å². The van der Waals surface area contributed by atoms with Crippen LogP contribution in [0.25, 0.3) is 11.1 Å². The summed E-state index contributed by atoms with van der Waals surface area (Å²) in [4.78, 5) is 0. The molecule has 0 amide bonds. The Hall–Kier alpha value is -2.08. The Morgan fingerprint density at radius 3 is 1.30 bits per heavy atom. The van der Waals surface area contributed by atoms with Crippen LogP contribution in [0.1, 0.15) is 37.8 Å². The first-order chi connectivity index (χ1) is 9.85. The Morgan fingerprint density at radius 1 is 0.650 bits per heavy atom. The van der Waals surface area contributed by atoms with Gasteiger partial charge in [-0.05, 0) is 49.0 Å². The maximum atomic E-state index is 2.23. The van der Waals surface area contributed by atoms with Gasteiger partial charge in [0, 0.05) is 0 Å². The summed E-state index contributed by atoms with van der Waals surface area (Å²) >= 11 is 0. The monoisotopic (exact) mass is 262 g/mol. The molecule has 0 spiro atoms. The van der Waals surface area contributed by atoms with Crippen molar-refractivity contribution in [2.75, 3.05) is 0 Å². The summed E-state index contributed by atoms with van der Waals surface area (Å²) in [5.74, 6) is 0. The molecule has 0 saturated carbocycles. The van der Waals surface area contributed by atoms with E-state index in [-0.39, 0.29) is 0 Å². The zero-order valence-electron chi connectivity index (χ0n) is 12.3. The second kappa shape index (κ2) is 7.49. The molecule has 0 fully saturated rings. The largest absolute Gasteiger partial charge is 0.0838 e. The number of hydrogen-bond donors (Lipinski definition) is 0. The smallest absolute Gasteiger partial charge is 0.0228 e. The molecule has 0 nitrogen and oxygen atoms in total. The van der Waals surface area contributed by atoms with E-state index in [9.17, 15) is 0 Å². The van der Waals surface area contributed by atoms with Crippen LogP contribution in [-0.2, 0) is 0 Å². The number of hydrogen-bond acceptors (Lipinski definition) is 0. The fourth-order valence-electron chi connectivity index (χ4n) is 2.48. The summed E-state index contributed by atoms with van der Waals surface area (Å²) in [5, 5.41) is 0. The lowest BCUT2D eigenvalue weighted by molar-refractivity contribution is 1.08. The van der Waals surface area contributed by atoms with Crippen LogP contribution in [0.5, 0.6) is 0 Å². The van der Waals surface area contributed by atoms with Crippen LogP contribution in [0.3, 0.4) is 0 Å². The lowest BCUT2D eigenvalue weighted by atomic mass is 9.95. The molecule has 0 radical (unpaired) electrons. The zero-order valence-corrected chi connectivity index (χ0v) is 12.3. The van der Waals surface area contributed by atoms with Crippen molar-refractivity contribution in [3.63, 3.8) is 0 Å². The van der Waals surface area contributed by atoms with Crippen molar-refractivity contribution in [3.05, 3.63) is 83.9 Å². The topological polar surface area (TPSA) is 0 Å². The van der Waals surface area contributed by atoms with Crippen LogP contribution >= 0.6 is 0 Å². The molecule has 0 aromatic heterocycles. The molecule has 0 aliphatic rings. The van der Waals surface area contributed by atoms with E-state index in [1.165, 1.54) is 22.3 Å². The Kier molecular flexibility index (Phi) is 5.37. The van der Waals surface area contributed by atoms with Gasteiger partial charge < -0.3 is 0 Å². The third-order valence-corrected chi connectivity index (χ3v) is 3.65. The van der Waals surface area contributed by atoms with E-state index in [2.05, 4.69) is 86.7 Å². The van der Waals surface area contributed by atoms with Gasteiger partial charge in [-0.3, -0.25) is 0 Å². The van der Waals surface area contributed by atoms with E-state index >= 15 is 0 Å². The van der Waals surface area contributed by atoms with Crippen molar-refractivity contribution >= 4 is 11.1 Å². The predicted molar refractivity (Wildman–Crippen MR) is 89.4 cm³/mol. The average molecular weight is 262 g/mol. The number of benzene rings is 2. The van der Waals surface area contributed by atoms with E-state index in [0.717, 1.165) is 12.8 Å². The molecule has 0 saturated heterocycles. The van der Waals surface area contributed by atoms with E-state index in [4.69, 9.17) is 0 Å². The van der Waals surface area contributed by atoms with E-state index in [0.29, 0.717) is 0 Å². The van der Waals surface area contributed by atoms with E-state index < -0.39 is 0 Å². The van der Waals surface area contributed by atoms with Gasteiger partial charge in [-0.2, -0.15) is 0 Å². The normalized spacial score (nSPS) is 12.5. The molecule has 0 heterocycles. The quantitative estimate of drug-likeness (QED) is 0.622. The SMILES string of the molecule is C/C=C(/CC/C(=C\C)c1ccccc1)c1ccccc1. The van der Waals surface area contributed by atoms with Crippen molar-refractivity contribution < 1.29 is 0 Å². The Balaban J connectivity index is 2.07. The summed E-state index contributed by atoms with van der Waals surface area (Å²) in [5.41, 5.74) is 5.50. The van der Waals surface area contributed by atoms with Gasteiger partial charge in [-0.1, -0.05) is 72.8 Å². The Labute approximate surface area is 122 Å². The highest BCUT2D eigenvalue weighted by atomic mass is 14.1. The second-order valence-electron chi connectivity index (χ2n) is 4.86. The van der Waals surface area contributed by atoms with Crippen LogP contribution < -0.4 is 0 Å².